The second kappa shape index (κ2) is 6.89. The van der Waals surface area contributed by atoms with Crippen molar-refractivity contribution in [3.63, 3.8) is 0 Å². The molecular weight excluding hydrogens is 298 g/mol. The first-order valence-corrected chi connectivity index (χ1v) is 7.66. The highest BCUT2D eigenvalue weighted by Crippen LogP contribution is 2.21. The summed E-state index contributed by atoms with van der Waals surface area (Å²) in [4.78, 5) is 25.9. The van der Waals surface area contributed by atoms with Gasteiger partial charge in [0.2, 0.25) is 11.8 Å². The van der Waals surface area contributed by atoms with Gasteiger partial charge < -0.3 is 10.2 Å². The molecule has 0 aliphatic carbocycles. The van der Waals surface area contributed by atoms with Gasteiger partial charge in [0.15, 0.2) is 11.6 Å². The molecule has 1 aliphatic rings. The van der Waals surface area contributed by atoms with Crippen LogP contribution >= 0.6 is 11.8 Å². The number of thioether (sulfide) groups is 1. The van der Waals surface area contributed by atoms with E-state index in [4.69, 9.17) is 0 Å². The molecule has 1 unspecified atom stereocenters. The van der Waals surface area contributed by atoms with Crippen molar-refractivity contribution < 1.29 is 18.4 Å². The molecule has 2 amide bonds. The maximum atomic E-state index is 13.1. The number of carbonyl (C=O) groups excluding carboxylic acids is 2. The molecule has 0 radical (unpaired) electrons. The van der Waals surface area contributed by atoms with Crippen LogP contribution in [0.2, 0.25) is 0 Å². The minimum absolute atomic E-state index is 0.0921. The summed E-state index contributed by atoms with van der Waals surface area (Å²) in [7, 11) is 0. The molecule has 1 aliphatic heterocycles. The van der Waals surface area contributed by atoms with Crippen LogP contribution in [-0.4, -0.2) is 41.6 Å². The van der Waals surface area contributed by atoms with Crippen LogP contribution in [0.5, 0.6) is 0 Å². The van der Waals surface area contributed by atoms with Crippen molar-refractivity contribution in [2.75, 3.05) is 18.8 Å². The third-order valence-corrected chi connectivity index (χ3v) is 4.27. The summed E-state index contributed by atoms with van der Waals surface area (Å²) < 4.78 is 25.9. The molecule has 1 fully saturated rings. The van der Waals surface area contributed by atoms with Crippen molar-refractivity contribution in [3.05, 3.63) is 29.8 Å². The number of carbonyl (C=O) groups is 2. The Labute approximate surface area is 125 Å². The Morgan fingerprint density at radius 3 is 2.86 bits per heavy atom. The number of nitrogens with zero attached hydrogens (tertiary/aromatic N) is 1. The number of halogens is 2. The number of hydrogen-bond donors (Lipinski definition) is 1. The van der Waals surface area contributed by atoms with Crippen molar-refractivity contribution in [2.24, 2.45) is 0 Å². The number of amides is 2. The molecule has 7 heteroatoms. The standard InChI is InChI=1S/C14H16F2N2O2S/c1-2-12-14(20)17-5-6-18(12)13(19)8-21-9-3-4-10(15)11(16)7-9/h3-4,7,12H,2,5-6,8H2,1H3,(H,17,20). The quantitative estimate of drug-likeness (QED) is 0.862. The minimum atomic E-state index is -0.934. The van der Waals surface area contributed by atoms with E-state index in [0.29, 0.717) is 24.4 Å². The van der Waals surface area contributed by atoms with Crippen molar-refractivity contribution in [3.8, 4) is 0 Å². The van der Waals surface area contributed by atoms with E-state index in [1.165, 1.54) is 6.07 Å². The van der Waals surface area contributed by atoms with Gasteiger partial charge in [0, 0.05) is 18.0 Å². The summed E-state index contributed by atoms with van der Waals surface area (Å²) in [5.41, 5.74) is 0. The zero-order valence-corrected chi connectivity index (χ0v) is 12.4. The predicted octanol–water partition coefficient (Wildman–Crippen LogP) is 1.79. The fourth-order valence-corrected chi connectivity index (χ4v) is 3.02. The minimum Gasteiger partial charge on any atom is -0.353 e. The van der Waals surface area contributed by atoms with E-state index in [0.717, 1.165) is 23.9 Å². The van der Waals surface area contributed by atoms with E-state index in [2.05, 4.69) is 5.32 Å². The Kier molecular flexibility index (Phi) is 5.17. The van der Waals surface area contributed by atoms with Crippen LogP contribution in [0.1, 0.15) is 13.3 Å². The highest BCUT2D eigenvalue weighted by atomic mass is 32.2. The van der Waals surface area contributed by atoms with Gasteiger partial charge in [-0.25, -0.2) is 8.78 Å². The monoisotopic (exact) mass is 314 g/mol. The maximum absolute atomic E-state index is 13.1. The van der Waals surface area contributed by atoms with Crippen molar-refractivity contribution in [2.45, 2.75) is 24.3 Å². The normalized spacial score (nSPS) is 18.5. The molecule has 0 bridgehead atoms. The van der Waals surface area contributed by atoms with Crippen LogP contribution in [0, 0.1) is 11.6 Å². The van der Waals surface area contributed by atoms with E-state index in [1.54, 1.807) is 4.90 Å². The van der Waals surface area contributed by atoms with E-state index in [9.17, 15) is 18.4 Å². The van der Waals surface area contributed by atoms with Crippen LogP contribution in [0.3, 0.4) is 0 Å². The van der Waals surface area contributed by atoms with Gasteiger partial charge in [-0.1, -0.05) is 6.92 Å². The van der Waals surface area contributed by atoms with Gasteiger partial charge in [-0.2, -0.15) is 0 Å². The molecule has 4 nitrogen and oxygen atoms in total. The molecule has 0 saturated carbocycles. The lowest BCUT2D eigenvalue weighted by Gasteiger charge is -2.34. The van der Waals surface area contributed by atoms with Gasteiger partial charge in [0.05, 0.1) is 5.75 Å². The Morgan fingerprint density at radius 2 is 2.19 bits per heavy atom. The summed E-state index contributed by atoms with van der Waals surface area (Å²) in [6.45, 7) is 2.76. The lowest BCUT2D eigenvalue weighted by atomic mass is 10.1. The Balaban J connectivity index is 1.97. The summed E-state index contributed by atoms with van der Waals surface area (Å²) in [6, 6.07) is 3.08. The first-order valence-electron chi connectivity index (χ1n) is 6.68. The van der Waals surface area contributed by atoms with Crippen LogP contribution < -0.4 is 5.32 Å². The van der Waals surface area contributed by atoms with Gasteiger partial charge in [0.1, 0.15) is 6.04 Å². The van der Waals surface area contributed by atoms with Gasteiger partial charge >= 0.3 is 0 Å². The summed E-state index contributed by atoms with van der Waals surface area (Å²) >= 11 is 1.13. The van der Waals surface area contributed by atoms with E-state index in [-0.39, 0.29) is 17.6 Å². The molecule has 1 heterocycles. The fraction of sp³-hybridized carbons (Fsp3) is 0.429. The molecule has 1 atom stereocenters. The van der Waals surface area contributed by atoms with Gasteiger partial charge in [-0.3, -0.25) is 9.59 Å². The van der Waals surface area contributed by atoms with Gasteiger partial charge in [-0.15, -0.1) is 11.8 Å². The first kappa shape index (κ1) is 15.8. The Bertz CT molecular complexity index is 554. The lowest BCUT2D eigenvalue weighted by Crippen LogP contribution is -2.57. The van der Waals surface area contributed by atoms with Crippen LogP contribution in [0.4, 0.5) is 8.78 Å². The smallest absolute Gasteiger partial charge is 0.242 e. The zero-order valence-electron chi connectivity index (χ0n) is 11.6. The van der Waals surface area contributed by atoms with Crippen molar-refractivity contribution in [1.29, 1.82) is 0 Å². The van der Waals surface area contributed by atoms with Crippen LogP contribution in [0.15, 0.2) is 23.1 Å². The van der Waals surface area contributed by atoms with Crippen molar-refractivity contribution >= 4 is 23.6 Å². The van der Waals surface area contributed by atoms with Gasteiger partial charge in [-0.05, 0) is 24.6 Å². The van der Waals surface area contributed by atoms with Crippen LogP contribution in [-0.2, 0) is 9.59 Å². The predicted molar refractivity (Wildman–Crippen MR) is 75.9 cm³/mol. The second-order valence-corrected chi connectivity index (χ2v) is 5.72. The second-order valence-electron chi connectivity index (χ2n) is 4.67. The Morgan fingerprint density at radius 1 is 1.43 bits per heavy atom. The maximum Gasteiger partial charge on any atom is 0.242 e. The molecule has 1 aromatic carbocycles. The van der Waals surface area contributed by atoms with Gasteiger partial charge in [0.25, 0.3) is 0 Å². The third kappa shape index (κ3) is 3.72. The largest absolute Gasteiger partial charge is 0.353 e. The number of piperazine rings is 1. The third-order valence-electron chi connectivity index (χ3n) is 3.29. The summed E-state index contributed by atoms with van der Waals surface area (Å²) in [6.07, 6.45) is 0.549. The van der Waals surface area contributed by atoms with Crippen LogP contribution in [0.25, 0.3) is 0 Å². The molecule has 21 heavy (non-hydrogen) atoms. The average molecular weight is 314 g/mol. The zero-order chi connectivity index (χ0) is 15.4. The molecule has 114 valence electrons. The first-order chi connectivity index (χ1) is 10.0. The van der Waals surface area contributed by atoms with E-state index < -0.39 is 17.7 Å². The number of rotatable bonds is 4. The Hall–Kier alpha value is -1.63. The molecular formula is C14H16F2N2O2S. The average Bonchev–Trinajstić information content (AvgIpc) is 2.48. The number of hydrogen-bond acceptors (Lipinski definition) is 3. The summed E-state index contributed by atoms with van der Waals surface area (Å²) in [5.74, 6) is -2.07. The van der Waals surface area contributed by atoms with E-state index >= 15 is 0 Å². The lowest BCUT2D eigenvalue weighted by molar-refractivity contribution is -0.141. The molecule has 1 saturated heterocycles. The van der Waals surface area contributed by atoms with E-state index in [1.807, 2.05) is 6.92 Å². The van der Waals surface area contributed by atoms with Crippen molar-refractivity contribution in [1.82, 2.24) is 10.2 Å². The highest BCUT2D eigenvalue weighted by Gasteiger charge is 2.31. The highest BCUT2D eigenvalue weighted by molar-refractivity contribution is 8.00. The molecule has 0 spiro atoms. The molecule has 1 aromatic rings. The number of benzene rings is 1. The summed E-state index contributed by atoms with van der Waals surface area (Å²) in [5, 5.41) is 2.72. The molecule has 1 N–H and O–H groups in total. The SMILES string of the molecule is CCC1C(=O)NCCN1C(=O)CSc1ccc(F)c(F)c1. The number of nitrogens with one attached hydrogen (secondary N) is 1. The molecule has 0 aromatic heterocycles. The molecule has 2 rings (SSSR count). The topological polar surface area (TPSA) is 49.4 Å². The fourth-order valence-electron chi connectivity index (χ4n) is 2.21.